The van der Waals surface area contributed by atoms with Crippen molar-refractivity contribution in [3.8, 4) is 0 Å². The summed E-state index contributed by atoms with van der Waals surface area (Å²) in [5, 5.41) is 4.54. The Kier molecular flexibility index (Phi) is 7.98. The fourth-order valence-electron chi connectivity index (χ4n) is 4.11. The van der Waals surface area contributed by atoms with Crippen LogP contribution in [-0.2, 0) is 6.54 Å². The van der Waals surface area contributed by atoms with Gasteiger partial charge in [0.1, 0.15) is 0 Å². The van der Waals surface area contributed by atoms with Crippen LogP contribution >= 0.6 is 11.9 Å². The maximum atomic E-state index is 14.8. The highest BCUT2D eigenvalue weighted by Crippen LogP contribution is 2.28. The third kappa shape index (κ3) is 6.55. The lowest BCUT2D eigenvalue weighted by Crippen LogP contribution is -2.62. The van der Waals surface area contributed by atoms with E-state index in [0.717, 1.165) is 16.0 Å². The Morgan fingerprint density at radius 3 is 2.43 bits per heavy atom. The molecule has 0 bridgehead atoms. The summed E-state index contributed by atoms with van der Waals surface area (Å²) in [5.74, 6) is -3.10. The molecule has 180 valence electrons. The maximum Gasteiger partial charge on any atom is 0.220 e. The molecule has 0 saturated carbocycles. The number of halogens is 2. The number of hydrogen-bond donors (Lipinski definition) is 2. The number of nitrogens with zero attached hydrogens (tertiary/aromatic N) is 3. The summed E-state index contributed by atoms with van der Waals surface area (Å²) in [7, 11) is 5.43. The highest BCUT2D eigenvalue weighted by molar-refractivity contribution is 7.97. The smallest absolute Gasteiger partial charge is 0.220 e. The normalized spacial score (nSPS) is 17.4. The summed E-state index contributed by atoms with van der Waals surface area (Å²) in [4.78, 5) is 7.50. The van der Waals surface area contributed by atoms with Crippen molar-refractivity contribution in [3.05, 3.63) is 95.6 Å². The molecule has 5 nitrogen and oxygen atoms in total. The van der Waals surface area contributed by atoms with E-state index in [1.54, 1.807) is 23.1 Å². The Balaban J connectivity index is 1.60. The molecule has 2 radical (unpaired) electrons. The van der Waals surface area contributed by atoms with Gasteiger partial charge in [0.15, 0.2) is 13.7 Å². The van der Waals surface area contributed by atoms with Gasteiger partial charge in [-0.1, -0.05) is 60.2 Å². The Morgan fingerprint density at radius 2 is 1.74 bits per heavy atom. The quantitative estimate of drug-likeness (QED) is 0.128. The molecule has 3 aromatic rings. The van der Waals surface area contributed by atoms with Crippen molar-refractivity contribution in [1.82, 2.24) is 14.6 Å². The topological polar surface area (TPSA) is 56.9 Å². The van der Waals surface area contributed by atoms with Gasteiger partial charge in [-0.2, -0.15) is 5.10 Å². The first kappa shape index (κ1) is 25.1. The lowest BCUT2D eigenvalue weighted by atomic mass is 9.87. The molecule has 1 atom stereocenters. The molecule has 4 rings (SSSR count). The zero-order valence-corrected chi connectivity index (χ0v) is 20.4. The number of amidine groups is 1. The first-order valence-corrected chi connectivity index (χ1v) is 12.2. The van der Waals surface area contributed by atoms with Crippen LogP contribution in [0.1, 0.15) is 16.7 Å². The Morgan fingerprint density at radius 1 is 1.06 bits per heavy atom. The van der Waals surface area contributed by atoms with E-state index >= 15 is 0 Å². The summed E-state index contributed by atoms with van der Waals surface area (Å²) >= 11 is 1.30. The summed E-state index contributed by atoms with van der Waals surface area (Å²) in [6, 6.07) is 23.6. The Bertz CT molecular complexity index is 1140. The number of hydrogen-bond acceptors (Lipinski definition) is 5. The maximum absolute atomic E-state index is 14.8. The number of benzene rings is 3. The van der Waals surface area contributed by atoms with Crippen molar-refractivity contribution in [1.29, 1.82) is 0 Å². The zero-order valence-electron chi connectivity index (χ0n) is 19.6. The van der Waals surface area contributed by atoms with E-state index in [-0.39, 0.29) is 6.54 Å². The second-order valence-corrected chi connectivity index (χ2v) is 9.49. The van der Waals surface area contributed by atoms with Crippen molar-refractivity contribution in [2.45, 2.75) is 30.2 Å². The minimum Gasteiger partial charge on any atom is -0.398 e. The fraction of sp³-hybridized carbons (Fsp3) is 0.269. The molecule has 3 aromatic carbocycles. The standard InChI is InChI=1S/C26H28BF2N5S/c1-19-11-13-21(14-12-19)35-32-31-25(22-9-5-6-10-23(22)30)34-16-15-33(18-24(34)26(27,28)29)17-20-7-3-2-4-8-20/h2-14,24,32H,15-18,30H2,1H3/b31-25+. The molecule has 1 aliphatic rings. The van der Waals surface area contributed by atoms with Crippen molar-refractivity contribution in [3.63, 3.8) is 0 Å². The molecule has 1 heterocycles. The van der Waals surface area contributed by atoms with Gasteiger partial charge in [0.25, 0.3) is 0 Å². The number of aryl methyl sites for hydroxylation is 1. The van der Waals surface area contributed by atoms with E-state index in [2.05, 4.69) is 9.93 Å². The van der Waals surface area contributed by atoms with E-state index in [4.69, 9.17) is 13.6 Å². The highest BCUT2D eigenvalue weighted by Gasteiger charge is 2.43. The summed E-state index contributed by atoms with van der Waals surface area (Å²) in [5.41, 5.74) is 9.49. The molecule has 1 aliphatic heterocycles. The van der Waals surface area contributed by atoms with Gasteiger partial charge in [-0.25, -0.2) is 13.6 Å². The van der Waals surface area contributed by atoms with Gasteiger partial charge in [-0.15, -0.1) is 0 Å². The summed E-state index contributed by atoms with van der Waals surface area (Å²) < 4.78 is 29.5. The van der Waals surface area contributed by atoms with Crippen LogP contribution in [0.15, 0.2) is 88.9 Å². The molecule has 0 spiro atoms. The van der Waals surface area contributed by atoms with Gasteiger partial charge in [-0.3, -0.25) is 4.90 Å². The second-order valence-electron chi connectivity index (χ2n) is 8.63. The lowest BCUT2D eigenvalue weighted by molar-refractivity contribution is -0.0262. The van der Waals surface area contributed by atoms with Gasteiger partial charge in [0.05, 0.1) is 6.04 Å². The number of anilines is 1. The largest absolute Gasteiger partial charge is 0.398 e. The number of piperazine rings is 1. The van der Waals surface area contributed by atoms with Crippen molar-refractivity contribution in [2.75, 3.05) is 25.4 Å². The SMILES string of the molecule is [B]C(F)(F)C1CN(Cc2ccccc2)CCN1/C(=N/NSc1ccc(C)cc1)c1ccccc1N. The van der Waals surface area contributed by atoms with Gasteiger partial charge < -0.3 is 10.6 Å². The number of rotatable bonds is 7. The lowest BCUT2D eigenvalue weighted by Gasteiger charge is -2.45. The van der Waals surface area contributed by atoms with Crippen molar-refractivity contribution in [2.24, 2.45) is 5.10 Å². The van der Waals surface area contributed by atoms with Crippen LogP contribution in [0.5, 0.6) is 0 Å². The van der Waals surface area contributed by atoms with E-state index < -0.39 is 11.9 Å². The van der Waals surface area contributed by atoms with E-state index in [1.165, 1.54) is 11.9 Å². The molecule has 9 heteroatoms. The van der Waals surface area contributed by atoms with Crippen LogP contribution in [0.2, 0.25) is 0 Å². The molecule has 1 fully saturated rings. The third-order valence-corrected chi connectivity index (χ3v) is 6.66. The molecular formula is C26H28BF2N5S. The number of nitrogen functional groups attached to an aromatic ring is 1. The Hall–Kier alpha value is -3.04. The average molecular weight is 491 g/mol. The molecular weight excluding hydrogens is 463 g/mol. The van der Waals surface area contributed by atoms with Gasteiger partial charge >= 0.3 is 0 Å². The first-order chi connectivity index (χ1) is 16.8. The van der Waals surface area contributed by atoms with E-state index in [1.807, 2.05) is 72.5 Å². The minimum atomic E-state index is -3.44. The van der Waals surface area contributed by atoms with E-state index in [0.29, 0.717) is 36.7 Å². The van der Waals surface area contributed by atoms with Gasteiger partial charge in [0.2, 0.25) is 5.82 Å². The molecule has 0 amide bonds. The number of hydrazone groups is 1. The minimum absolute atomic E-state index is 0.0925. The summed E-state index contributed by atoms with van der Waals surface area (Å²) in [6.07, 6.45) is 0. The van der Waals surface area contributed by atoms with Gasteiger partial charge in [0, 0.05) is 54.3 Å². The molecule has 35 heavy (non-hydrogen) atoms. The summed E-state index contributed by atoms with van der Waals surface area (Å²) in [6.45, 7) is 3.59. The Labute approximate surface area is 210 Å². The number of para-hydroxylation sites is 1. The van der Waals surface area contributed by atoms with Crippen LogP contribution in [0.3, 0.4) is 0 Å². The predicted octanol–water partition coefficient (Wildman–Crippen LogP) is 4.48. The van der Waals surface area contributed by atoms with Gasteiger partial charge in [-0.05, 0) is 36.8 Å². The van der Waals surface area contributed by atoms with Crippen LogP contribution in [0.25, 0.3) is 0 Å². The number of nitrogens with one attached hydrogen (secondary N) is 1. The first-order valence-electron chi connectivity index (χ1n) is 11.4. The average Bonchev–Trinajstić information content (AvgIpc) is 2.84. The van der Waals surface area contributed by atoms with E-state index in [9.17, 15) is 8.78 Å². The van der Waals surface area contributed by atoms with Crippen LogP contribution < -0.4 is 10.6 Å². The predicted molar refractivity (Wildman–Crippen MR) is 140 cm³/mol. The molecule has 0 aliphatic carbocycles. The fourth-order valence-corrected chi connectivity index (χ4v) is 4.62. The zero-order chi connectivity index (χ0) is 24.8. The number of alkyl halides is 2. The number of nitrogens with two attached hydrogens (primary N) is 1. The van der Waals surface area contributed by atoms with Crippen LogP contribution in [0.4, 0.5) is 14.5 Å². The second kappa shape index (κ2) is 11.1. The highest BCUT2D eigenvalue weighted by atomic mass is 32.2. The van der Waals surface area contributed by atoms with Crippen LogP contribution in [-0.4, -0.2) is 55.0 Å². The molecule has 0 aromatic heterocycles. The molecule has 3 N–H and O–H groups in total. The monoisotopic (exact) mass is 491 g/mol. The van der Waals surface area contributed by atoms with Crippen molar-refractivity contribution < 1.29 is 8.78 Å². The molecule has 1 unspecified atom stereocenters. The van der Waals surface area contributed by atoms with Crippen molar-refractivity contribution >= 4 is 31.3 Å². The molecule has 1 saturated heterocycles. The third-order valence-electron chi connectivity index (χ3n) is 5.97. The van der Waals surface area contributed by atoms with Crippen LogP contribution in [0, 0.1) is 6.92 Å².